The highest BCUT2D eigenvalue weighted by Crippen LogP contribution is 2.18. The quantitative estimate of drug-likeness (QED) is 0.389. The van der Waals surface area contributed by atoms with Crippen LogP contribution in [0, 0.1) is 5.92 Å². The molecule has 0 amide bonds. The molecule has 1 fully saturated rings. The second-order valence-electron chi connectivity index (χ2n) is 5.91. The highest BCUT2D eigenvalue weighted by Gasteiger charge is 2.24. The Kier molecular flexibility index (Phi) is 10.6. The molecule has 3 N–H and O–H groups in total. The lowest BCUT2D eigenvalue weighted by molar-refractivity contribution is 0.179. The lowest BCUT2D eigenvalue weighted by Gasteiger charge is -2.25. The van der Waals surface area contributed by atoms with Crippen molar-refractivity contribution in [1.29, 1.82) is 0 Å². The number of nitrogens with one attached hydrogen (secondary N) is 1. The Morgan fingerprint density at radius 3 is 2.75 bits per heavy atom. The molecular formula is C14H31IN4O. The summed E-state index contributed by atoms with van der Waals surface area (Å²) in [7, 11) is 1.69. The molecule has 0 bridgehead atoms. The van der Waals surface area contributed by atoms with Crippen molar-refractivity contribution in [1.82, 2.24) is 10.2 Å². The van der Waals surface area contributed by atoms with E-state index < -0.39 is 0 Å². The third-order valence-corrected chi connectivity index (χ3v) is 3.38. The predicted molar refractivity (Wildman–Crippen MR) is 95.8 cm³/mol. The van der Waals surface area contributed by atoms with E-state index in [2.05, 4.69) is 29.1 Å². The van der Waals surface area contributed by atoms with Gasteiger partial charge in [-0.25, -0.2) is 0 Å². The number of nitrogens with two attached hydrogens (primary N) is 1. The highest BCUT2D eigenvalue weighted by atomic mass is 127. The fourth-order valence-electron chi connectivity index (χ4n) is 2.60. The normalized spacial score (nSPS) is 21.9. The average molecular weight is 398 g/mol. The van der Waals surface area contributed by atoms with Crippen molar-refractivity contribution in [3.8, 4) is 0 Å². The summed E-state index contributed by atoms with van der Waals surface area (Å²) in [5.74, 6) is 1.24. The monoisotopic (exact) mass is 398 g/mol. The summed E-state index contributed by atoms with van der Waals surface area (Å²) < 4.78 is 5.06. The third-order valence-electron chi connectivity index (χ3n) is 3.38. The van der Waals surface area contributed by atoms with Crippen molar-refractivity contribution < 1.29 is 4.74 Å². The molecule has 6 heteroatoms. The van der Waals surface area contributed by atoms with E-state index in [4.69, 9.17) is 10.5 Å². The van der Waals surface area contributed by atoms with Gasteiger partial charge in [0.15, 0.2) is 5.96 Å². The maximum absolute atomic E-state index is 5.89. The van der Waals surface area contributed by atoms with Crippen LogP contribution in [0.4, 0.5) is 0 Å². The van der Waals surface area contributed by atoms with Gasteiger partial charge in [0.1, 0.15) is 0 Å². The number of ether oxygens (including phenoxy) is 1. The van der Waals surface area contributed by atoms with Gasteiger partial charge in [0.2, 0.25) is 0 Å². The van der Waals surface area contributed by atoms with Crippen LogP contribution < -0.4 is 11.1 Å². The molecule has 0 aromatic carbocycles. The number of hydrogen-bond donors (Lipinski definition) is 2. The van der Waals surface area contributed by atoms with Crippen LogP contribution >= 0.6 is 24.0 Å². The zero-order valence-corrected chi connectivity index (χ0v) is 15.6. The minimum Gasteiger partial charge on any atom is -0.383 e. The van der Waals surface area contributed by atoms with Gasteiger partial charge in [0.05, 0.1) is 13.2 Å². The molecule has 5 nitrogen and oxygen atoms in total. The molecule has 0 aromatic rings. The lowest BCUT2D eigenvalue weighted by Crippen LogP contribution is -2.42. The molecule has 1 rings (SSSR count). The number of guanidine groups is 1. The second kappa shape index (κ2) is 10.6. The van der Waals surface area contributed by atoms with Crippen LogP contribution in [-0.2, 0) is 4.74 Å². The Hall–Kier alpha value is -0.0800. The van der Waals surface area contributed by atoms with Crippen molar-refractivity contribution >= 4 is 29.9 Å². The number of hydrogen-bond acceptors (Lipinski definition) is 3. The summed E-state index contributed by atoms with van der Waals surface area (Å²) in [6.07, 6.45) is 2.51. The van der Waals surface area contributed by atoms with E-state index in [0.29, 0.717) is 24.5 Å². The van der Waals surface area contributed by atoms with Crippen molar-refractivity contribution in [2.75, 3.05) is 33.4 Å². The minimum atomic E-state index is 0. The molecule has 1 heterocycles. The van der Waals surface area contributed by atoms with Gasteiger partial charge < -0.3 is 15.8 Å². The first-order chi connectivity index (χ1) is 9.02. The molecule has 120 valence electrons. The zero-order valence-electron chi connectivity index (χ0n) is 13.3. The van der Waals surface area contributed by atoms with Crippen molar-refractivity contribution in [2.24, 2.45) is 16.6 Å². The fraction of sp³-hybridized carbons (Fsp3) is 0.929. The van der Waals surface area contributed by atoms with E-state index in [1.807, 2.05) is 6.92 Å². The number of halogens is 1. The van der Waals surface area contributed by atoms with Gasteiger partial charge in [-0.1, -0.05) is 13.8 Å². The summed E-state index contributed by atoms with van der Waals surface area (Å²) in [4.78, 5) is 7.01. The number of likely N-dealkylation sites (tertiary alicyclic amines) is 1. The van der Waals surface area contributed by atoms with Gasteiger partial charge in [0, 0.05) is 25.7 Å². The SMILES string of the molecule is COCC(C)NC(N)=NC[C@H]1CCCN1CC(C)C.I. The van der Waals surface area contributed by atoms with Gasteiger partial charge in [-0.3, -0.25) is 9.89 Å². The predicted octanol–water partition coefficient (Wildman–Crippen LogP) is 1.66. The van der Waals surface area contributed by atoms with E-state index in [1.54, 1.807) is 7.11 Å². The van der Waals surface area contributed by atoms with Crippen molar-refractivity contribution in [2.45, 2.75) is 45.7 Å². The Morgan fingerprint density at radius 2 is 2.15 bits per heavy atom. The lowest BCUT2D eigenvalue weighted by atomic mass is 10.2. The molecule has 1 aliphatic rings. The largest absolute Gasteiger partial charge is 0.383 e. The van der Waals surface area contributed by atoms with E-state index in [0.717, 1.165) is 13.1 Å². The van der Waals surface area contributed by atoms with E-state index in [9.17, 15) is 0 Å². The third kappa shape index (κ3) is 7.64. The van der Waals surface area contributed by atoms with Gasteiger partial charge in [-0.15, -0.1) is 24.0 Å². The summed E-state index contributed by atoms with van der Waals surface area (Å²) in [5.41, 5.74) is 5.89. The Balaban J connectivity index is 0.00000361. The molecule has 0 aromatic heterocycles. The molecule has 0 spiro atoms. The topological polar surface area (TPSA) is 62.9 Å². The first-order valence-corrected chi connectivity index (χ1v) is 7.32. The summed E-state index contributed by atoms with van der Waals surface area (Å²) in [6, 6.07) is 0.754. The Labute approximate surface area is 140 Å². The molecule has 0 saturated carbocycles. The molecule has 1 saturated heterocycles. The van der Waals surface area contributed by atoms with Crippen LogP contribution in [0.25, 0.3) is 0 Å². The highest BCUT2D eigenvalue weighted by molar-refractivity contribution is 14.0. The standard InChI is InChI=1S/C14H30N4O.HI/c1-11(2)9-18-7-5-6-13(18)8-16-14(15)17-12(3)10-19-4;/h11-13H,5-10H2,1-4H3,(H3,15,16,17);1H/t12?,13-;/m1./s1. The summed E-state index contributed by atoms with van der Waals surface area (Å²) in [5, 5.41) is 3.14. The van der Waals surface area contributed by atoms with Crippen molar-refractivity contribution in [3.63, 3.8) is 0 Å². The summed E-state index contributed by atoms with van der Waals surface area (Å²) >= 11 is 0. The zero-order chi connectivity index (χ0) is 14.3. The van der Waals surface area contributed by atoms with Crippen LogP contribution in [0.15, 0.2) is 4.99 Å². The first kappa shape index (κ1) is 19.9. The minimum absolute atomic E-state index is 0. The van der Waals surface area contributed by atoms with E-state index in [-0.39, 0.29) is 30.0 Å². The number of rotatable bonds is 7. The van der Waals surface area contributed by atoms with Gasteiger partial charge in [0.25, 0.3) is 0 Å². The molecule has 0 aliphatic carbocycles. The van der Waals surface area contributed by atoms with Gasteiger partial charge >= 0.3 is 0 Å². The Bertz CT molecular complexity index is 286. The van der Waals surface area contributed by atoms with Crippen LogP contribution in [0.2, 0.25) is 0 Å². The van der Waals surface area contributed by atoms with Gasteiger partial charge in [-0.2, -0.15) is 0 Å². The molecule has 2 atom stereocenters. The second-order valence-corrected chi connectivity index (χ2v) is 5.91. The van der Waals surface area contributed by atoms with Gasteiger partial charge in [-0.05, 0) is 32.2 Å². The molecule has 1 unspecified atom stereocenters. The molecular weight excluding hydrogens is 367 g/mol. The van der Waals surface area contributed by atoms with E-state index in [1.165, 1.54) is 19.4 Å². The molecule has 0 radical (unpaired) electrons. The van der Waals surface area contributed by atoms with Crippen LogP contribution in [0.1, 0.15) is 33.6 Å². The fourth-order valence-corrected chi connectivity index (χ4v) is 2.60. The molecule has 1 aliphatic heterocycles. The van der Waals surface area contributed by atoms with E-state index >= 15 is 0 Å². The van der Waals surface area contributed by atoms with Crippen LogP contribution in [-0.4, -0.2) is 56.3 Å². The first-order valence-electron chi connectivity index (χ1n) is 7.32. The van der Waals surface area contributed by atoms with Crippen LogP contribution in [0.5, 0.6) is 0 Å². The average Bonchev–Trinajstić information content (AvgIpc) is 2.73. The maximum Gasteiger partial charge on any atom is 0.188 e. The Morgan fingerprint density at radius 1 is 1.45 bits per heavy atom. The number of methoxy groups -OCH3 is 1. The molecule has 20 heavy (non-hydrogen) atoms. The smallest absolute Gasteiger partial charge is 0.188 e. The van der Waals surface area contributed by atoms with Crippen LogP contribution in [0.3, 0.4) is 0 Å². The number of aliphatic imine (C=N–C) groups is 1. The number of nitrogens with zero attached hydrogens (tertiary/aromatic N) is 2. The maximum atomic E-state index is 5.89. The summed E-state index contributed by atoms with van der Waals surface area (Å²) in [6.45, 7) is 10.4. The van der Waals surface area contributed by atoms with Crippen molar-refractivity contribution in [3.05, 3.63) is 0 Å².